The third-order valence-corrected chi connectivity index (χ3v) is 7.96. The summed E-state index contributed by atoms with van der Waals surface area (Å²) in [6, 6.07) is 16.8. The molecule has 1 spiro atoms. The van der Waals surface area contributed by atoms with E-state index in [1.165, 1.54) is 9.80 Å². The zero-order valence-corrected chi connectivity index (χ0v) is 21.8. The van der Waals surface area contributed by atoms with Crippen molar-refractivity contribution >= 4 is 23.8 Å². The number of amides is 4. The Morgan fingerprint density at radius 2 is 1.69 bits per heavy atom. The lowest BCUT2D eigenvalue weighted by Crippen LogP contribution is -2.55. The monoisotopic (exact) mass is 530 g/mol. The number of nitrogens with zero attached hydrogens (tertiary/aromatic N) is 2. The number of ether oxygens (including phenoxy) is 1. The molecule has 0 radical (unpaired) electrons. The van der Waals surface area contributed by atoms with E-state index in [9.17, 15) is 19.2 Å². The molecular weight excluding hydrogens is 496 g/mol. The van der Waals surface area contributed by atoms with Crippen LogP contribution in [-0.4, -0.2) is 64.8 Å². The smallest absolute Gasteiger partial charge is 0.410 e. The second-order valence-corrected chi connectivity index (χ2v) is 10.7. The Balaban J connectivity index is 1.50. The van der Waals surface area contributed by atoms with Gasteiger partial charge in [-0.25, -0.2) is 4.79 Å². The van der Waals surface area contributed by atoms with Gasteiger partial charge in [-0.3, -0.25) is 19.3 Å². The van der Waals surface area contributed by atoms with Crippen molar-refractivity contribution < 1.29 is 23.9 Å². The Bertz CT molecular complexity index is 1250. The Hall–Kier alpha value is -4.14. The van der Waals surface area contributed by atoms with Gasteiger partial charge < -0.3 is 20.7 Å². The van der Waals surface area contributed by atoms with Crippen LogP contribution >= 0.6 is 0 Å². The van der Waals surface area contributed by atoms with Crippen molar-refractivity contribution in [3.63, 3.8) is 0 Å². The summed E-state index contributed by atoms with van der Waals surface area (Å²) in [5, 5.41) is 3.01. The van der Waals surface area contributed by atoms with E-state index >= 15 is 0 Å². The molecule has 3 aliphatic rings. The largest absolute Gasteiger partial charge is 0.445 e. The van der Waals surface area contributed by atoms with Crippen LogP contribution in [0.5, 0.6) is 0 Å². The third kappa shape index (κ3) is 5.67. The van der Waals surface area contributed by atoms with Gasteiger partial charge in [0.1, 0.15) is 18.7 Å². The zero-order chi connectivity index (χ0) is 27.4. The average molecular weight is 531 g/mol. The predicted octanol–water partition coefficient (Wildman–Crippen LogP) is 2.55. The molecule has 2 fully saturated rings. The molecule has 0 aliphatic carbocycles. The summed E-state index contributed by atoms with van der Waals surface area (Å²) in [7, 11) is 0. The first kappa shape index (κ1) is 26.5. The van der Waals surface area contributed by atoms with Crippen LogP contribution in [-0.2, 0) is 32.1 Å². The zero-order valence-electron chi connectivity index (χ0n) is 21.8. The molecule has 2 saturated heterocycles. The molecule has 2 aromatic rings. The van der Waals surface area contributed by atoms with E-state index in [1.54, 1.807) is 0 Å². The van der Waals surface area contributed by atoms with Crippen LogP contribution in [0.3, 0.4) is 0 Å². The average Bonchev–Trinajstić information content (AvgIpc) is 3.48. The van der Waals surface area contributed by atoms with E-state index in [4.69, 9.17) is 10.5 Å². The van der Waals surface area contributed by atoms with Gasteiger partial charge in [0.25, 0.3) is 0 Å². The normalized spacial score (nSPS) is 27.6. The maximum atomic E-state index is 14.3. The van der Waals surface area contributed by atoms with Gasteiger partial charge >= 0.3 is 6.09 Å². The molecule has 3 bridgehead atoms. The van der Waals surface area contributed by atoms with Crippen molar-refractivity contribution in [3.05, 3.63) is 83.9 Å². The number of primary amides is 1. The third-order valence-electron chi connectivity index (χ3n) is 7.96. The van der Waals surface area contributed by atoms with E-state index in [0.29, 0.717) is 25.8 Å². The predicted molar refractivity (Wildman–Crippen MR) is 144 cm³/mol. The first-order valence-corrected chi connectivity index (χ1v) is 13.4. The minimum absolute atomic E-state index is 0.0703. The number of hydrogen-bond donors (Lipinski definition) is 2. The lowest BCUT2D eigenvalue weighted by atomic mass is 9.82. The highest BCUT2D eigenvalue weighted by molar-refractivity contribution is 5.95. The van der Waals surface area contributed by atoms with Gasteiger partial charge in [-0.15, -0.1) is 0 Å². The fraction of sp³-hybridized carbons (Fsp3) is 0.400. The SMILES string of the molecule is NC(=O)[C@@H]1C[C@@]23CC(/C=C\CCCN(C(=O)OCc4ccccc4)[C@@H](Cc4ccccc4)C(=O)N1C2)NC3=O. The first-order valence-electron chi connectivity index (χ1n) is 13.4. The second-order valence-electron chi connectivity index (χ2n) is 10.7. The fourth-order valence-corrected chi connectivity index (χ4v) is 5.96. The molecule has 4 amide bonds. The maximum absolute atomic E-state index is 14.3. The molecule has 1 unspecified atom stereocenters. The Morgan fingerprint density at radius 1 is 1.00 bits per heavy atom. The number of carbonyl (C=O) groups excluding carboxylic acids is 4. The number of fused-ring (bicyclic) bond motifs is 2. The molecule has 3 aliphatic heterocycles. The van der Waals surface area contributed by atoms with Crippen molar-refractivity contribution in [2.75, 3.05) is 13.1 Å². The van der Waals surface area contributed by atoms with E-state index < -0.39 is 35.4 Å². The summed E-state index contributed by atoms with van der Waals surface area (Å²) in [6.07, 6.45) is 5.52. The van der Waals surface area contributed by atoms with E-state index in [1.807, 2.05) is 72.8 Å². The molecule has 0 aromatic heterocycles. The van der Waals surface area contributed by atoms with Crippen LogP contribution in [0, 0.1) is 5.41 Å². The van der Waals surface area contributed by atoms with Crippen LogP contribution in [0.25, 0.3) is 0 Å². The molecule has 204 valence electrons. The molecule has 39 heavy (non-hydrogen) atoms. The van der Waals surface area contributed by atoms with E-state index in [2.05, 4.69) is 5.32 Å². The summed E-state index contributed by atoms with van der Waals surface area (Å²) in [5.41, 5.74) is 6.58. The van der Waals surface area contributed by atoms with Crippen LogP contribution in [0.1, 0.15) is 36.8 Å². The summed E-state index contributed by atoms with van der Waals surface area (Å²) >= 11 is 0. The first-order chi connectivity index (χ1) is 18.9. The molecule has 3 heterocycles. The molecule has 9 heteroatoms. The Kier molecular flexibility index (Phi) is 7.67. The number of nitrogens with two attached hydrogens (primary N) is 1. The second kappa shape index (κ2) is 11.3. The van der Waals surface area contributed by atoms with Gasteiger partial charge in [0.2, 0.25) is 17.7 Å². The van der Waals surface area contributed by atoms with Crippen LogP contribution in [0.4, 0.5) is 4.79 Å². The molecule has 4 atom stereocenters. The molecule has 2 aromatic carbocycles. The summed E-state index contributed by atoms with van der Waals surface area (Å²) in [4.78, 5) is 56.5. The van der Waals surface area contributed by atoms with Gasteiger partial charge in [0.05, 0.1) is 5.41 Å². The molecule has 3 N–H and O–H groups in total. The number of benzene rings is 2. The van der Waals surface area contributed by atoms with Gasteiger partial charge in [-0.1, -0.05) is 72.8 Å². The van der Waals surface area contributed by atoms with Crippen molar-refractivity contribution in [2.45, 2.75) is 56.8 Å². The number of allylic oxidation sites excluding steroid dienone is 1. The highest BCUT2D eigenvalue weighted by atomic mass is 16.6. The van der Waals surface area contributed by atoms with Gasteiger partial charge in [0.15, 0.2) is 0 Å². The van der Waals surface area contributed by atoms with Crippen molar-refractivity contribution in [2.24, 2.45) is 11.1 Å². The molecule has 5 rings (SSSR count). The topological polar surface area (TPSA) is 122 Å². The minimum atomic E-state index is -0.936. The summed E-state index contributed by atoms with van der Waals surface area (Å²) < 4.78 is 5.69. The minimum Gasteiger partial charge on any atom is -0.445 e. The molecule has 9 nitrogen and oxygen atoms in total. The van der Waals surface area contributed by atoms with Gasteiger partial charge in [-0.05, 0) is 36.8 Å². The van der Waals surface area contributed by atoms with Crippen LogP contribution in [0.15, 0.2) is 72.8 Å². The van der Waals surface area contributed by atoms with E-state index in [0.717, 1.165) is 11.1 Å². The number of carbonyl (C=O) groups is 4. The number of nitrogens with one attached hydrogen (secondary N) is 1. The van der Waals surface area contributed by atoms with Crippen molar-refractivity contribution in [1.82, 2.24) is 15.1 Å². The molecular formula is C30H34N4O5. The number of hydrogen-bond acceptors (Lipinski definition) is 5. The Morgan fingerprint density at radius 3 is 2.38 bits per heavy atom. The standard InChI is InChI=1S/C30H34N4O5/c31-26(35)25-18-30-17-23(32-28(30)37)14-8-3-9-15-33(29(38)39-19-22-12-6-2-7-13-22)24(27(36)34(25)20-30)16-21-10-4-1-5-11-21/h1-2,4-8,10-14,23-25H,3,9,15-20H2,(H2,31,35)(H,32,37)/b14-8-/t23?,24-,25-,30-/m0/s1. The fourth-order valence-electron chi connectivity index (χ4n) is 5.96. The van der Waals surface area contributed by atoms with Gasteiger partial charge in [-0.2, -0.15) is 0 Å². The summed E-state index contributed by atoms with van der Waals surface area (Å²) in [5.74, 6) is -1.23. The highest BCUT2D eigenvalue weighted by Crippen LogP contribution is 2.43. The summed E-state index contributed by atoms with van der Waals surface area (Å²) in [6.45, 7) is 0.438. The molecule has 0 saturated carbocycles. The van der Waals surface area contributed by atoms with Crippen LogP contribution < -0.4 is 11.1 Å². The van der Waals surface area contributed by atoms with Crippen molar-refractivity contribution in [3.8, 4) is 0 Å². The quantitative estimate of drug-likeness (QED) is 0.576. The maximum Gasteiger partial charge on any atom is 0.410 e. The lowest BCUT2D eigenvalue weighted by molar-refractivity contribution is -0.141. The highest BCUT2D eigenvalue weighted by Gasteiger charge is 2.57. The van der Waals surface area contributed by atoms with Gasteiger partial charge in [0, 0.05) is 25.6 Å². The number of rotatable bonds is 5. The lowest BCUT2D eigenvalue weighted by Gasteiger charge is -2.34. The Labute approximate surface area is 228 Å². The van der Waals surface area contributed by atoms with Crippen LogP contribution in [0.2, 0.25) is 0 Å². The van der Waals surface area contributed by atoms with E-state index in [-0.39, 0.29) is 37.9 Å². The van der Waals surface area contributed by atoms with Crippen molar-refractivity contribution in [1.29, 1.82) is 0 Å².